The molecule has 0 unspecified atom stereocenters. The highest BCUT2D eigenvalue weighted by Crippen LogP contribution is 2.29. The Labute approximate surface area is 137 Å². The number of nitrogens with one attached hydrogen (secondary N) is 1. The van der Waals surface area contributed by atoms with Crippen LogP contribution in [0, 0.1) is 0 Å². The van der Waals surface area contributed by atoms with Gasteiger partial charge in [-0.2, -0.15) is 4.31 Å². The Morgan fingerprint density at radius 2 is 1.87 bits per heavy atom. The zero-order chi connectivity index (χ0) is 17.0. The summed E-state index contributed by atoms with van der Waals surface area (Å²) in [6.07, 6.45) is 2.75. The summed E-state index contributed by atoms with van der Waals surface area (Å²) in [6, 6.07) is 4.49. The van der Waals surface area contributed by atoms with E-state index in [4.69, 9.17) is 4.74 Å². The van der Waals surface area contributed by atoms with Gasteiger partial charge in [-0.1, -0.05) is 6.42 Å². The van der Waals surface area contributed by atoms with Crippen LogP contribution in [0.2, 0.25) is 0 Å². The first-order valence-electron chi connectivity index (χ1n) is 7.85. The molecule has 128 valence electrons. The van der Waals surface area contributed by atoms with E-state index in [9.17, 15) is 13.2 Å². The van der Waals surface area contributed by atoms with Gasteiger partial charge in [-0.25, -0.2) is 8.42 Å². The molecule has 0 atom stereocenters. The van der Waals surface area contributed by atoms with Crippen LogP contribution in [-0.4, -0.2) is 44.9 Å². The first-order valence-corrected chi connectivity index (χ1v) is 9.29. The minimum Gasteiger partial charge on any atom is -0.495 e. The molecular formula is C16H24N2O4S. The van der Waals surface area contributed by atoms with Gasteiger partial charge in [-0.3, -0.25) is 4.79 Å². The fourth-order valence-corrected chi connectivity index (χ4v) is 4.31. The van der Waals surface area contributed by atoms with Crippen LogP contribution in [0.3, 0.4) is 0 Å². The third kappa shape index (κ3) is 4.03. The lowest BCUT2D eigenvalue weighted by Crippen LogP contribution is -2.36. The van der Waals surface area contributed by atoms with Gasteiger partial charge < -0.3 is 10.1 Å². The van der Waals surface area contributed by atoms with E-state index in [0.717, 1.165) is 19.3 Å². The fourth-order valence-electron chi connectivity index (χ4n) is 2.61. The van der Waals surface area contributed by atoms with Crippen LogP contribution in [0.25, 0.3) is 0 Å². The average molecular weight is 340 g/mol. The lowest BCUT2D eigenvalue weighted by atomic mass is 10.2. The maximum Gasteiger partial charge on any atom is 0.251 e. The van der Waals surface area contributed by atoms with Gasteiger partial charge in [0.15, 0.2) is 0 Å². The topological polar surface area (TPSA) is 75.7 Å². The molecule has 0 saturated carbocycles. The maximum atomic E-state index is 12.9. The van der Waals surface area contributed by atoms with Crippen LogP contribution in [0.1, 0.15) is 43.5 Å². The molecule has 0 radical (unpaired) electrons. The first-order chi connectivity index (χ1) is 10.9. The van der Waals surface area contributed by atoms with E-state index in [2.05, 4.69) is 5.32 Å². The van der Waals surface area contributed by atoms with Gasteiger partial charge >= 0.3 is 0 Å². The molecule has 1 saturated heterocycles. The van der Waals surface area contributed by atoms with Crippen molar-refractivity contribution in [1.29, 1.82) is 0 Å². The molecule has 1 amide bonds. The van der Waals surface area contributed by atoms with Crippen molar-refractivity contribution in [3.63, 3.8) is 0 Å². The highest BCUT2D eigenvalue weighted by Gasteiger charge is 2.29. The molecule has 0 aliphatic carbocycles. The molecule has 6 nitrogen and oxygen atoms in total. The number of piperidine rings is 1. The summed E-state index contributed by atoms with van der Waals surface area (Å²) >= 11 is 0. The van der Waals surface area contributed by atoms with Crippen molar-refractivity contribution in [3.05, 3.63) is 23.8 Å². The van der Waals surface area contributed by atoms with Crippen LogP contribution in [-0.2, 0) is 10.0 Å². The number of ether oxygens (including phenoxy) is 1. The minimum absolute atomic E-state index is 0.0215. The van der Waals surface area contributed by atoms with Crippen LogP contribution in [0.15, 0.2) is 23.1 Å². The Bertz CT molecular complexity index is 665. The van der Waals surface area contributed by atoms with Crippen molar-refractivity contribution >= 4 is 15.9 Å². The van der Waals surface area contributed by atoms with Gasteiger partial charge in [0.1, 0.15) is 10.6 Å². The molecular weight excluding hydrogens is 316 g/mol. The monoisotopic (exact) mass is 340 g/mol. The number of rotatable bonds is 5. The van der Waals surface area contributed by atoms with Crippen molar-refractivity contribution in [3.8, 4) is 5.75 Å². The summed E-state index contributed by atoms with van der Waals surface area (Å²) in [5.74, 6) is -0.0329. The molecule has 1 N–H and O–H groups in total. The number of carbonyl (C=O) groups is 1. The van der Waals surface area contributed by atoms with Gasteiger partial charge in [-0.05, 0) is 44.9 Å². The van der Waals surface area contributed by atoms with Crippen molar-refractivity contribution < 1.29 is 17.9 Å². The molecule has 1 heterocycles. The smallest absolute Gasteiger partial charge is 0.251 e. The first kappa shape index (κ1) is 17.7. The Morgan fingerprint density at radius 3 is 2.43 bits per heavy atom. The Morgan fingerprint density at radius 1 is 1.22 bits per heavy atom. The summed E-state index contributed by atoms with van der Waals surface area (Å²) in [4.78, 5) is 12.2. The second kappa shape index (κ2) is 7.31. The molecule has 0 bridgehead atoms. The van der Waals surface area contributed by atoms with E-state index >= 15 is 0 Å². The van der Waals surface area contributed by atoms with E-state index in [1.807, 2.05) is 13.8 Å². The fraction of sp³-hybridized carbons (Fsp3) is 0.562. The lowest BCUT2D eigenvalue weighted by molar-refractivity contribution is 0.0943. The molecule has 1 aromatic carbocycles. The standard InChI is InChI=1S/C16H24N2O4S/c1-12(2)17-16(19)13-7-8-14(22-3)15(11-13)23(20,21)18-9-5-4-6-10-18/h7-8,11-12H,4-6,9-10H2,1-3H3,(H,17,19). The second-order valence-electron chi connectivity index (χ2n) is 5.96. The van der Waals surface area contributed by atoms with Crippen LogP contribution in [0.5, 0.6) is 5.75 Å². The Balaban J connectivity index is 2.40. The number of benzene rings is 1. The highest BCUT2D eigenvalue weighted by atomic mass is 32.2. The summed E-state index contributed by atoms with van der Waals surface area (Å²) in [7, 11) is -2.23. The largest absolute Gasteiger partial charge is 0.495 e. The molecule has 1 aliphatic rings. The quantitative estimate of drug-likeness (QED) is 0.889. The minimum atomic E-state index is -3.66. The molecule has 2 rings (SSSR count). The van der Waals surface area contributed by atoms with E-state index in [1.54, 1.807) is 6.07 Å². The van der Waals surface area contributed by atoms with Crippen LogP contribution >= 0.6 is 0 Å². The van der Waals surface area contributed by atoms with Crippen molar-refractivity contribution in [2.75, 3.05) is 20.2 Å². The van der Waals surface area contributed by atoms with Crippen LogP contribution < -0.4 is 10.1 Å². The van der Waals surface area contributed by atoms with Crippen molar-refractivity contribution in [2.24, 2.45) is 0 Å². The maximum absolute atomic E-state index is 12.9. The van der Waals surface area contributed by atoms with Gasteiger partial charge in [0.25, 0.3) is 5.91 Å². The predicted molar refractivity (Wildman–Crippen MR) is 88.2 cm³/mol. The summed E-state index contributed by atoms with van der Waals surface area (Å²) in [5, 5.41) is 2.77. The number of methoxy groups -OCH3 is 1. The number of hydrogen-bond acceptors (Lipinski definition) is 4. The molecule has 0 spiro atoms. The molecule has 1 aliphatic heterocycles. The number of carbonyl (C=O) groups excluding carboxylic acids is 1. The van der Waals surface area contributed by atoms with E-state index in [-0.39, 0.29) is 22.6 Å². The number of hydrogen-bond donors (Lipinski definition) is 1. The van der Waals surface area contributed by atoms with E-state index in [0.29, 0.717) is 18.7 Å². The number of nitrogens with zero attached hydrogens (tertiary/aromatic N) is 1. The SMILES string of the molecule is COc1ccc(C(=O)NC(C)C)cc1S(=O)(=O)N1CCCCC1. The van der Waals surface area contributed by atoms with Gasteiger partial charge in [-0.15, -0.1) is 0 Å². The molecule has 0 aromatic heterocycles. The number of amides is 1. The molecule has 1 fully saturated rings. The van der Waals surface area contributed by atoms with Crippen molar-refractivity contribution in [1.82, 2.24) is 9.62 Å². The van der Waals surface area contributed by atoms with Crippen LogP contribution in [0.4, 0.5) is 0 Å². The van der Waals surface area contributed by atoms with Crippen molar-refractivity contribution in [2.45, 2.75) is 44.0 Å². The van der Waals surface area contributed by atoms with E-state index < -0.39 is 10.0 Å². The number of sulfonamides is 1. The Hall–Kier alpha value is -1.60. The lowest BCUT2D eigenvalue weighted by Gasteiger charge is -2.26. The van der Waals surface area contributed by atoms with Gasteiger partial charge in [0, 0.05) is 24.7 Å². The van der Waals surface area contributed by atoms with Gasteiger partial charge in [0.05, 0.1) is 7.11 Å². The predicted octanol–water partition coefficient (Wildman–Crippen LogP) is 2.01. The molecule has 1 aromatic rings. The third-order valence-corrected chi connectivity index (χ3v) is 5.70. The second-order valence-corrected chi connectivity index (χ2v) is 7.86. The average Bonchev–Trinajstić information content (AvgIpc) is 2.54. The summed E-state index contributed by atoms with van der Waals surface area (Å²) < 4.78 is 32.4. The normalized spacial score (nSPS) is 16.3. The third-order valence-electron chi connectivity index (χ3n) is 3.78. The molecule has 7 heteroatoms. The summed E-state index contributed by atoms with van der Waals surface area (Å²) in [6.45, 7) is 4.72. The zero-order valence-electron chi connectivity index (χ0n) is 13.8. The van der Waals surface area contributed by atoms with E-state index in [1.165, 1.54) is 23.5 Å². The Kier molecular flexibility index (Phi) is 5.64. The molecule has 23 heavy (non-hydrogen) atoms. The highest BCUT2D eigenvalue weighted by molar-refractivity contribution is 7.89. The van der Waals surface area contributed by atoms with Gasteiger partial charge in [0.2, 0.25) is 10.0 Å². The summed E-state index contributed by atoms with van der Waals surface area (Å²) in [5.41, 5.74) is 0.315. The zero-order valence-corrected chi connectivity index (χ0v) is 14.6.